The molecular formula is C19H20ClN5. The van der Waals surface area contributed by atoms with Crippen LogP contribution < -0.4 is 10.2 Å². The average molecular weight is 354 g/mol. The maximum atomic E-state index is 6.47. The number of imidazole rings is 1. The molecule has 1 atom stereocenters. The molecule has 0 spiro atoms. The van der Waals surface area contributed by atoms with E-state index in [-0.39, 0.29) is 6.04 Å². The van der Waals surface area contributed by atoms with Gasteiger partial charge in [0.1, 0.15) is 11.6 Å². The van der Waals surface area contributed by atoms with E-state index < -0.39 is 0 Å². The Morgan fingerprint density at radius 1 is 1.32 bits per heavy atom. The summed E-state index contributed by atoms with van der Waals surface area (Å²) in [5, 5.41) is 3.91. The molecule has 25 heavy (non-hydrogen) atoms. The minimum Gasteiger partial charge on any atom is -0.385 e. The average Bonchev–Trinajstić information content (AvgIpc) is 2.95. The number of fused-ring (bicyclic) bond motifs is 1. The molecule has 0 saturated carbocycles. The van der Waals surface area contributed by atoms with Crippen LogP contribution in [0.25, 0.3) is 22.4 Å². The quantitative estimate of drug-likeness (QED) is 0.764. The number of nitrogens with one attached hydrogen (secondary N) is 1. The van der Waals surface area contributed by atoms with Crippen molar-refractivity contribution in [1.82, 2.24) is 19.9 Å². The number of halogens is 1. The SMILES string of the molecule is C=C1NCCN(c2cc(-c3nc4ccccc4n3C)c(Cl)cn2)C1C. The fourth-order valence-electron chi connectivity index (χ4n) is 3.32. The Labute approximate surface area is 152 Å². The number of benzene rings is 1. The van der Waals surface area contributed by atoms with Crippen LogP contribution in [0.2, 0.25) is 5.02 Å². The highest BCUT2D eigenvalue weighted by Crippen LogP contribution is 2.32. The van der Waals surface area contributed by atoms with Crippen LogP contribution in [0.4, 0.5) is 5.82 Å². The molecule has 6 heteroatoms. The normalized spacial score (nSPS) is 17.8. The Bertz CT molecular complexity index is 962. The predicted octanol–water partition coefficient (Wildman–Crippen LogP) is 3.60. The molecule has 1 aromatic carbocycles. The van der Waals surface area contributed by atoms with E-state index in [2.05, 4.69) is 39.3 Å². The zero-order chi connectivity index (χ0) is 17.6. The van der Waals surface area contributed by atoms with Crippen molar-refractivity contribution < 1.29 is 0 Å². The monoisotopic (exact) mass is 353 g/mol. The van der Waals surface area contributed by atoms with Crippen LogP contribution in [0.1, 0.15) is 6.92 Å². The first-order chi connectivity index (χ1) is 12.1. The van der Waals surface area contributed by atoms with Crippen molar-refractivity contribution in [3.05, 3.63) is 53.8 Å². The maximum absolute atomic E-state index is 6.47. The van der Waals surface area contributed by atoms with Gasteiger partial charge in [-0.3, -0.25) is 0 Å². The van der Waals surface area contributed by atoms with Crippen molar-refractivity contribution in [1.29, 1.82) is 0 Å². The Hall–Kier alpha value is -2.53. The molecule has 1 fully saturated rings. The Balaban J connectivity index is 1.82. The van der Waals surface area contributed by atoms with Crippen molar-refractivity contribution in [2.75, 3.05) is 18.0 Å². The van der Waals surface area contributed by atoms with E-state index >= 15 is 0 Å². The molecule has 0 radical (unpaired) electrons. The number of aromatic nitrogens is 3. The summed E-state index contributed by atoms with van der Waals surface area (Å²) in [6, 6.07) is 10.3. The molecule has 1 aliphatic heterocycles. The molecule has 0 amide bonds. The van der Waals surface area contributed by atoms with Gasteiger partial charge in [-0.1, -0.05) is 30.3 Å². The summed E-state index contributed by atoms with van der Waals surface area (Å²) in [7, 11) is 2.01. The molecule has 5 nitrogen and oxygen atoms in total. The Morgan fingerprint density at radius 2 is 2.12 bits per heavy atom. The third-order valence-electron chi connectivity index (χ3n) is 4.84. The molecule has 0 aliphatic carbocycles. The minimum absolute atomic E-state index is 0.177. The van der Waals surface area contributed by atoms with Crippen LogP contribution in [0, 0.1) is 0 Å². The minimum atomic E-state index is 0.177. The summed E-state index contributed by atoms with van der Waals surface area (Å²) in [5.74, 6) is 1.73. The molecule has 3 heterocycles. The second-order valence-corrected chi connectivity index (χ2v) is 6.73. The summed E-state index contributed by atoms with van der Waals surface area (Å²) < 4.78 is 2.07. The van der Waals surface area contributed by atoms with E-state index in [1.807, 2.05) is 31.3 Å². The number of nitrogens with zero attached hydrogens (tertiary/aromatic N) is 4. The molecule has 3 aromatic rings. The van der Waals surface area contributed by atoms with E-state index in [9.17, 15) is 0 Å². The van der Waals surface area contributed by atoms with E-state index in [4.69, 9.17) is 16.6 Å². The summed E-state index contributed by atoms with van der Waals surface area (Å²) >= 11 is 6.47. The smallest absolute Gasteiger partial charge is 0.142 e. The molecular weight excluding hydrogens is 334 g/mol. The van der Waals surface area contributed by atoms with Gasteiger partial charge in [0.05, 0.1) is 22.1 Å². The van der Waals surface area contributed by atoms with E-state index in [0.29, 0.717) is 5.02 Å². The number of para-hydroxylation sites is 2. The first kappa shape index (κ1) is 16.0. The lowest BCUT2D eigenvalue weighted by Gasteiger charge is -2.36. The maximum Gasteiger partial charge on any atom is 0.142 e. The largest absolute Gasteiger partial charge is 0.385 e. The molecule has 1 N–H and O–H groups in total. The molecule has 128 valence electrons. The summed E-state index contributed by atoms with van der Waals surface area (Å²) in [5.41, 5.74) is 3.93. The number of aryl methyl sites for hydroxylation is 1. The first-order valence-corrected chi connectivity index (χ1v) is 8.70. The van der Waals surface area contributed by atoms with Gasteiger partial charge in [-0.05, 0) is 25.1 Å². The van der Waals surface area contributed by atoms with Gasteiger partial charge in [-0.15, -0.1) is 0 Å². The van der Waals surface area contributed by atoms with E-state index in [0.717, 1.165) is 47.0 Å². The molecule has 1 unspecified atom stereocenters. The van der Waals surface area contributed by atoms with Crippen molar-refractivity contribution in [3.8, 4) is 11.4 Å². The summed E-state index contributed by atoms with van der Waals surface area (Å²) in [6.45, 7) is 7.94. The lowest BCUT2D eigenvalue weighted by Crippen LogP contribution is -2.48. The molecule has 1 saturated heterocycles. The topological polar surface area (TPSA) is 46.0 Å². The zero-order valence-electron chi connectivity index (χ0n) is 14.3. The second kappa shape index (κ2) is 6.08. The van der Waals surface area contributed by atoms with Gasteiger partial charge in [0, 0.05) is 37.6 Å². The highest BCUT2D eigenvalue weighted by atomic mass is 35.5. The van der Waals surface area contributed by atoms with Crippen molar-refractivity contribution >= 4 is 28.5 Å². The molecule has 0 bridgehead atoms. The van der Waals surface area contributed by atoms with Gasteiger partial charge >= 0.3 is 0 Å². The second-order valence-electron chi connectivity index (χ2n) is 6.33. The molecule has 1 aliphatic rings. The number of hydrogen-bond acceptors (Lipinski definition) is 4. The fraction of sp³-hybridized carbons (Fsp3) is 0.263. The highest BCUT2D eigenvalue weighted by molar-refractivity contribution is 6.33. The number of piperazine rings is 1. The van der Waals surface area contributed by atoms with Gasteiger partial charge in [-0.2, -0.15) is 0 Å². The van der Waals surface area contributed by atoms with Gasteiger partial charge < -0.3 is 14.8 Å². The third-order valence-corrected chi connectivity index (χ3v) is 5.14. The van der Waals surface area contributed by atoms with E-state index in [1.54, 1.807) is 6.20 Å². The van der Waals surface area contributed by atoms with Crippen LogP contribution in [0.15, 0.2) is 48.8 Å². The van der Waals surface area contributed by atoms with Crippen LogP contribution in [-0.2, 0) is 7.05 Å². The molecule has 2 aromatic heterocycles. The first-order valence-electron chi connectivity index (χ1n) is 8.33. The lowest BCUT2D eigenvalue weighted by molar-refractivity contribution is 0.570. The number of pyridine rings is 1. The van der Waals surface area contributed by atoms with Gasteiger partial charge in [0.2, 0.25) is 0 Å². The summed E-state index contributed by atoms with van der Waals surface area (Å²) in [6.07, 6.45) is 1.71. The van der Waals surface area contributed by atoms with Crippen molar-refractivity contribution in [3.63, 3.8) is 0 Å². The van der Waals surface area contributed by atoms with Gasteiger partial charge in [0.15, 0.2) is 0 Å². The Kier molecular flexibility index (Phi) is 3.88. The highest BCUT2D eigenvalue weighted by Gasteiger charge is 2.24. The van der Waals surface area contributed by atoms with Crippen LogP contribution in [0.5, 0.6) is 0 Å². The van der Waals surface area contributed by atoms with Crippen LogP contribution in [0.3, 0.4) is 0 Å². The lowest BCUT2D eigenvalue weighted by atomic mass is 10.1. The standard InChI is InChI=1S/C19H20ClN5/c1-12-13(2)25(9-8-21-12)18-10-14(15(20)11-22-18)19-23-16-6-4-5-7-17(16)24(19)3/h4-7,10-11,13,21H,1,8-9H2,2-3H3. The van der Waals surface area contributed by atoms with Crippen molar-refractivity contribution in [2.24, 2.45) is 7.05 Å². The predicted molar refractivity (Wildman–Crippen MR) is 103 cm³/mol. The van der Waals surface area contributed by atoms with Crippen LogP contribution >= 0.6 is 11.6 Å². The van der Waals surface area contributed by atoms with Gasteiger partial charge in [0.25, 0.3) is 0 Å². The number of anilines is 1. The van der Waals surface area contributed by atoms with Crippen LogP contribution in [-0.4, -0.2) is 33.7 Å². The van der Waals surface area contributed by atoms with Crippen molar-refractivity contribution in [2.45, 2.75) is 13.0 Å². The summed E-state index contributed by atoms with van der Waals surface area (Å²) in [4.78, 5) is 11.5. The zero-order valence-corrected chi connectivity index (χ0v) is 15.1. The third kappa shape index (κ3) is 2.65. The number of hydrogen-bond donors (Lipinski definition) is 1. The van der Waals surface area contributed by atoms with Gasteiger partial charge in [-0.25, -0.2) is 9.97 Å². The number of rotatable bonds is 2. The van der Waals surface area contributed by atoms with E-state index in [1.165, 1.54) is 0 Å². The molecule has 4 rings (SSSR count). The fourth-order valence-corrected chi connectivity index (χ4v) is 3.51. The Morgan fingerprint density at radius 3 is 2.92 bits per heavy atom.